The fraction of sp³-hybridized carbons (Fsp3) is 0.409. The zero-order valence-electron chi connectivity index (χ0n) is 15.2. The van der Waals surface area contributed by atoms with Crippen LogP contribution in [-0.4, -0.2) is 37.0 Å². The lowest BCUT2D eigenvalue weighted by molar-refractivity contribution is -0.136. The second-order valence-electron chi connectivity index (χ2n) is 7.78. The van der Waals surface area contributed by atoms with E-state index in [0.717, 1.165) is 48.8 Å². The van der Waals surface area contributed by atoms with Crippen molar-refractivity contribution in [3.05, 3.63) is 64.7 Å². The maximum Gasteiger partial charge on any atom is 0.227 e. The van der Waals surface area contributed by atoms with Gasteiger partial charge >= 0.3 is 0 Å². The molecule has 1 aliphatic carbocycles. The average molecular weight is 383 g/mol. The number of para-hydroxylation sites is 1. The molecule has 4 nitrogen and oxygen atoms in total. The van der Waals surface area contributed by atoms with Crippen molar-refractivity contribution in [2.24, 2.45) is 5.92 Å². The highest BCUT2D eigenvalue weighted by Crippen LogP contribution is 2.61. The number of carbonyl (C=O) groups excluding carboxylic acids is 1. The lowest BCUT2D eigenvalue weighted by Crippen LogP contribution is -2.50. The number of carbonyl (C=O) groups is 1. The Morgan fingerprint density at radius 2 is 2.00 bits per heavy atom. The van der Waals surface area contributed by atoms with E-state index in [1.807, 2.05) is 42.5 Å². The van der Waals surface area contributed by atoms with Crippen molar-refractivity contribution < 1.29 is 9.53 Å². The minimum absolute atomic E-state index is 0.00677. The Morgan fingerprint density at radius 1 is 1.19 bits per heavy atom. The molecule has 0 aromatic heterocycles. The second-order valence-corrected chi connectivity index (χ2v) is 8.19. The Hall–Kier alpha value is -2.04. The molecule has 5 heteroatoms. The first-order valence-electron chi connectivity index (χ1n) is 9.69. The van der Waals surface area contributed by atoms with Gasteiger partial charge in [-0.25, -0.2) is 0 Å². The van der Waals surface area contributed by atoms with Crippen LogP contribution in [0.15, 0.2) is 48.5 Å². The fourth-order valence-electron chi connectivity index (χ4n) is 4.88. The minimum Gasteiger partial charge on any atom is -0.493 e. The number of ether oxygens (including phenoxy) is 1. The van der Waals surface area contributed by atoms with E-state index >= 15 is 0 Å². The molecular formula is C22H23ClN2O2. The molecule has 1 spiro atoms. The van der Waals surface area contributed by atoms with Crippen LogP contribution >= 0.6 is 11.6 Å². The monoisotopic (exact) mass is 382 g/mol. The Labute approximate surface area is 164 Å². The summed E-state index contributed by atoms with van der Waals surface area (Å²) in [7, 11) is 0. The number of piperazine rings is 1. The van der Waals surface area contributed by atoms with Crippen molar-refractivity contribution >= 4 is 17.5 Å². The number of nitrogens with zero attached hydrogens (tertiary/aromatic N) is 1. The van der Waals surface area contributed by atoms with Gasteiger partial charge in [-0.15, -0.1) is 0 Å². The quantitative estimate of drug-likeness (QED) is 0.863. The third-order valence-corrected chi connectivity index (χ3v) is 6.74. The second kappa shape index (κ2) is 6.54. The van der Waals surface area contributed by atoms with Crippen LogP contribution in [-0.2, 0) is 10.2 Å². The van der Waals surface area contributed by atoms with Crippen molar-refractivity contribution in [1.82, 2.24) is 10.2 Å². The average Bonchev–Trinajstić information content (AvgIpc) is 3.43. The molecule has 1 amide bonds. The largest absolute Gasteiger partial charge is 0.493 e. The minimum atomic E-state index is -0.0398. The molecule has 1 saturated carbocycles. The SMILES string of the molecule is O=C(C1CC12CCOc1ccccc12)N1CCNCC1c1ccccc1Cl. The first-order chi connectivity index (χ1) is 13.2. The van der Waals surface area contributed by atoms with Crippen LogP contribution in [0.1, 0.15) is 30.0 Å². The fourth-order valence-corrected chi connectivity index (χ4v) is 5.14. The predicted molar refractivity (Wildman–Crippen MR) is 105 cm³/mol. The van der Waals surface area contributed by atoms with Gasteiger partial charge in [-0.3, -0.25) is 4.79 Å². The van der Waals surface area contributed by atoms with Gasteiger partial charge in [0.1, 0.15) is 5.75 Å². The van der Waals surface area contributed by atoms with Crippen molar-refractivity contribution in [3.63, 3.8) is 0 Å². The topological polar surface area (TPSA) is 41.6 Å². The van der Waals surface area contributed by atoms with Gasteiger partial charge in [0.15, 0.2) is 0 Å². The Morgan fingerprint density at radius 3 is 2.89 bits per heavy atom. The molecule has 1 saturated heterocycles. The number of nitrogens with one attached hydrogen (secondary N) is 1. The summed E-state index contributed by atoms with van der Waals surface area (Å²) in [5.74, 6) is 1.26. The normalized spacial score (nSPS) is 29.1. The number of rotatable bonds is 2. The zero-order chi connectivity index (χ0) is 18.4. The molecule has 3 unspecified atom stereocenters. The van der Waals surface area contributed by atoms with Crippen LogP contribution in [0.3, 0.4) is 0 Å². The molecule has 2 aliphatic heterocycles. The molecule has 2 fully saturated rings. The van der Waals surface area contributed by atoms with Crippen molar-refractivity contribution in [3.8, 4) is 5.75 Å². The van der Waals surface area contributed by atoms with E-state index < -0.39 is 0 Å². The zero-order valence-corrected chi connectivity index (χ0v) is 15.9. The molecule has 5 rings (SSSR count). The number of hydrogen-bond acceptors (Lipinski definition) is 3. The van der Waals surface area contributed by atoms with Gasteiger partial charge in [0, 0.05) is 41.6 Å². The van der Waals surface area contributed by atoms with Crippen LogP contribution in [0.2, 0.25) is 5.02 Å². The maximum absolute atomic E-state index is 13.6. The molecule has 0 bridgehead atoms. The van der Waals surface area contributed by atoms with E-state index in [2.05, 4.69) is 16.3 Å². The predicted octanol–water partition coefficient (Wildman–Crippen LogP) is 3.55. The van der Waals surface area contributed by atoms with Crippen LogP contribution in [0.5, 0.6) is 5.75 Å². The smallest absolute Gasteiger partial charge is 0.227 e. The summed E-state index contributed by atoms with van der Waals surface area (Å²) in [4.78, 5) is 15.6. The number of hydrogen-bond donors (Lipinski definition) is 1. The van der Waals surface area contributed by atoms with Crippen LogP contribution in [0.25, 0.3) is 0 Å². The molecule has 1 N–H and O–H groups in total. The van der Waals surface area contributed by atoms with Crippen molar-refractivity contribution in [2.45, 2.75) is 24.3 Å². The lowest BCUT2D eigenvalue weighted by Gasteiger charge is -2.38. The van der Waals surface area contributed by atoms with Crippen LogP contribution < -0.4 is 10.1 Å². The number of halogens is 1. The molecule has 0 radical (unpaired) electrons. The van der Waals surface area contributed by atoms with Gasteiger partial charge in [-0.1, -0.05) is 48.0 Å². The third-order valence-electron chi connectivity index (χ3n) is 6.39. The number of fused-ring (bicyclic) bond motifs is 2. The van der Waals surface area contributed by atoms with Crippen molar-refractivity contribution in [1.29, 1.82) is 0 Å². The lowest BCUT2D eigenvalue weighted by atomic mass is 9.87. The third kappa shape index (κ3) is 2.74. The highest BCUT2D eigenvalue weighted by Gasteiger charge is 2.62. The summed E-state index contributed by atoms with van der Waals surface area (Å²) in [5, 5.41) is 4.15. The summed E-state index contributed by atoms with van der Waals surface area (Å²) in [6.07, 6.45) is 1.84. The standard InChI is InChI=1S/C22H23ClN2O2/c23-18-7-3-1-5-15(18)19-14-24-10-11-25(19)21(26)17-13-22(17)9-12-27-20-8-4-2-6-16(20)22/h1-8,17,19,24H,9-14H2. The summed E-state index contributed by atoms with van der Waals surface area (Å²) in [6.45, 7) is 2.98. The van der Waals surface area contributed by atoms with Gasteiger partial charge in [0.25, 0.3) is 0 Å². The molecule has 27 heavy (non-hydrogen) atoms. The van der Waals surface area contributed by atoms with Crippen molar-refractivity contribution in [2.75, 3.05) is 26.2 Å². The molecule has 2 aromatic rings. The first kappa shape index (κ1) is 17.1. The van der Waals surface area contributed by atoms with Gasteiger partial charge < -0.3 is 15.0 Å². The molecular weight excluding hydrogens is 360 g/mol. The van der Waals surface area contributed by atoms with Gasteiger partial charge in [0.05, 0.1) is 12.6 Å². The van der Waals surface area contributed by atoms with E-state index in [1.54, 1.807) is 0 Å². The molecule has 2 aromatic carbocycles. The summed E-state index contributed by atoms with van der Waals surface area (Å²) in [6, 6.07) is 16.1. The Bertz CT molecular complexity index is 886. The first-order valence-corrected chi connectivity index (χ1v) is 10.1. The van der Waals surface area contributed by atoms with E-state index in [1.165, 1.54) is 5.56 Å². The van der Waals surface area contributed by atoms with E-state index in [-0.39, 0.29) is 23.3 Å². The van der Waals surface area contributed by atoms with E-state index in [4.69, 9.17) is 16.3 Å². The van der Waals surface area contributed by atoms with E-state index in [9.17, 15) is 4.79 Å². The molecule has 140 valence electrons. The highest BCUT2D eigenvalue weighted by atomic mass is 35.5. The van der Waals surface area contributed by atoms with Gasteiger partial charge in [0.2, 0.25) is 5.91 Å². The molecule has 3 aliphatic rings. The highest BCUT2D eigenvalue weighted by molar-refractivity contribution is 6.31. The van der Waals surface area contributed by atoms with Gasteiger partial charge in [-0.2, -0.15) is 0 Å². The summed E-state index contributed by atoms with van der Waals surface area (Å²) in [5.41, 5.74) is 2.20. The number of amides is 1. The Kier molecular flexibility index (Phi) is 4.14. The molecule has 2 heterocycles. The summed E-state index contributed by atoms with van der Waals surface area (Å²) >= 11 is 6.45. The van der Waals surface area contributed by atoms with Gasteiger partial charge in [-0.05, 0) is 30.5 Å². The summed E-state index contributed by atoms with van der Waals surface area (Å²) < 4.78 is 5.83. The Balaban J connectivity index is 1.44. The van der Waals surface area contributed by atoms with Crippen LogP contribution in [0.4, 0.5) is 0 Å². The van der Waals surface area contributed by atoms with Crippen LogP contribution in [0, 0.1) is 5.92 Å². The number of benzene rings is 2. The van der Waals surface area contributed by atoms with E-state index in [0.29, 0.717) is 6.61 Å². The molecule has 3 atom stereocenters. The maximum atomic E-state index is 13.6.